The van der Waals surface area contributed by atoms with Crippen LogP contribution in [0.15, 0.2) is 0 Å². The van der Waals surface area contributed by atoms with Gasteiger partial charge in [-0.3, -0.25) is 4.79 Å². The van der Waals surface area contributed by atoms with Gasteiger partial charge in [-0.15, -0.1) is 0 Å². The maximum absolute atomic E-state index is 11.0. The molecule has 0 N–H and O–H groups in total. The first-order valence-electron chi connectivity index (χ1n) is 4.10. The van der Waals surface area contributed by atoms with Crippen molar-refractivity contribution in [2.45, 2.75) is 13.3 Å². The molecule has 0 aliphatic carbocycles. The van der Waals surface area contributed by atoms with E-state index < -0.39 is 0 Å². The van der Waals surface area contributed by atoms with Crippen LogP contribution in [0.2, 0.25) is 0 Å². The number of amides is 1. The van der Waals surface area contributed by atoms with Crippen molar-refractivity contribution < 1.29 is 9.53 Å². The molecule has 72 valence electrons. The van der Waals surface area contributed by atoms with Gasteiger partial charge in [-0.2, -0.15) is 0 Å². The van der Waals surface area contributed by atoms with Gasteiger partial charge in [0.2, 0.25) is 5.91 Å². The number of carbonyl (C=O) groups is 1. The Morgan fingerprint density at radius 3 is 2.67 bits per heavy atom. The molecule has 0 spiro atoms. The zero-order valence-corrected chi connectivity index (χ0v) is 9.26. The molecule has 0 aromatic rings. The first-order chi connectivity index (χ1) is 5.72. The van der Waals surface area contributed by atoms with Crippen LogP contribution in [-0.4, -0.2) is 42.9 Å². The van der Waals surface area contributed by atoms with Crippen molar-refractivity contribution >= 4 is 21.8 Å². The molecule has 0 rings (SSSR count). The van der Waals surface area contributed by atoms with Gasteiger partial charge >= 0.3 is 0 Å². The molecule has 0 bridgehead atoms. The molecule has 12 heavy (non-hydrogen) atoms. The highest BCUT2D eigenvalue weighted by molar-refractivity contribution is 9.09. The summed E-state index contributed by atoms with van der Waals surface area (Å²) in [5.41, 5.74) is 0. The van der Waals surface area contributed by atoms with Crippen molar-refractivity contribution in [3.8, 4) is 0 Å². The highest BCUT2D eigenvalue weighted by Crippen LogP contribution is 1.90. The summed E-state index contributed by atoms with van der Waals surface area (Å²) in [7, 11) is 1.79. The molecular weight excluding hydrogens is 222 g/mol. The van der Waals surface area contributed by atoms with Gasteiger partial charge in [0, 0.05) is 25.3 Å². The van der Waals surface area contributed by atoms with Crippen LogP contribution in [0.4, 0.5) is 0 Å². The van der Waals surface area contributed by atoms with Gasteiger partial charge in [0.05, 0.1) is 13.2 Å². The van der Waals surface area contributed by atoms with Crippen LogP contribution in [-0.2, 0) is 9.53 Å². The molecule has 0 aromatic heterocycles. The number of hydrogen-bond donors (Lipinski definition) is 0. The number of halogens is 1. The molecule has 0 aliphatic heterocycles. The fraction of sp³-hybridized carbons (Fsp3) is 0.875. The Kier molecular flexibility index (Phi) is 7.50. The van der Waals surface area contributed by atoms with Crippen molar-refractivity contribution in [1.29, 1.82) is 0 Å². The predicted molar refractivity (Wildman–Crippen MR) is 52.5 cm³/mol. The summed E-state index contributed by atoms with van der Waals surface area (Å²) in [4.78, 5) is 12.7. The smallest absolute Gasteiger partial charge is 0.222 e. The summed E-state index contributed by atoms with van der Waals surface area (Å²) in [6.45, 7) is 3.86. The Balaban J connectivity index is 3.31. The highest BCUT2D eigenvalue weighted by Gasteiger charge is 2.03. The van der Waals surface area contributed by atoms with Crippen molar-refractivity contribution in [1.82, 2.24) is 4.90 Å². The van der Waals surface area contributed by atoms with Crippen LogP contribution in [0, 0.1) is 0 Å². The quantitative estimate of drug-likeness (QED) is 0.515. The third-order valence-corrected chi connectivity index (χ3v) is 1.84. The van der Waals surface area contributed by atoms with Gasteiger partial charge in [0.1, 0.15) is 0 Å². The summed E-state index contributed by atoms with van der Waals surface area (Å²) in [6, 6.07) is 0. The number of alkyl halides is 1. The largest absolute Gasteiger partial charge is 0.379 e. The van der Waals surface area contributed by atoms with E-state index in [1.54, 1.807) is 11.9 Å². The van der Waals surface area contributed by atoms with Crippen molar-refractivity contribution in [2.75, 3.05) is 32.1 Å². The topological polar surface area (TPSA) is 29.5 Å². The van der Waals surface area contributed by atoms with Crippen LogP contribution in [0.25, 0.3) is 0 Å². The molecule has 3 nitrogen and oxygen atoms in total. The lowest BCUT2D eigenvalue weighted by molar-refractivity contribution is -0.130. The van der Waals surface area contributed by atoms with Gasteiger partial charge in [-0.25, -0.2) is 0 Å². The molecule has 1 amide bonds. The van der Waals surface area contributed by atoms with E-state index in [1.165, 1.54) is 0 Å². The Hall–Kier alpha value is -0.0900. The average Bonchev–Trinajstić information content (AvgIpc) is 2.10. The summed E-state index contributed by atoms with van der Waals surface area (Å²) >= 11 is 3.25. The van der Waals surface area contributed by atoms with Crippen LogP contribution in [0.5, 0.6) is 0 Å². The minimum absolute atomic E-state index is 0.164. The third-order valence-electron chi connectivity index (χ3n) is 1.52. The summed E-state index contributed by atoms with van der Waals surface area (Å²) < 4.78 is 5.21. The van der Waals surface area contributed by atoms with Crippen molar-refractivity contribution in [3.63, 3.8) is 0 Å². The highest BCUT2D eigenvalue weighted by atomic mass is 79.9. The number of carbonyl (C=O) groups excluding carboxylic acids is 1. The molecule has 0 unspecified atom stereocenters. The van der Waals surface area contributed by atoms with Gasteiger partial charge in [-0.05, 0) is 0 Å². The van der Waals surface area contributed by atoms with Crippen LogP contribution < -0.4 is 0 Å². The Bertz CT molecular complexity index is 130. The number of rotatable bonds is 6. The van der Waals surface area contributed by atoms with E-state index >= 15 is 0 Å². The second-order valence-electron chi connectivity index (χ2n) is 2.47. The van der Waals surface area contributed by atoms with E-state index in [2.05, 4.69) is 15.9 Å². The summed E-state index contributed by atoms with van der Waals surface area (Å²) in [5.74, 6) is 0.164. The fourth-order valence-electron chi connectivity index (χ4n) is 0.753. The number of ether oxygens (including phenoxy) is 1. The molecular formula is C8H16BrNO2. The van der Waals surface area contributed by atoms with E-state index in [1.807, 2.05) is 6.92 Å². The molecule has 0 aromatic carbocycles. The zero-order valence-electron chi connectivity index (χ0n) is 7.68. The SMILES string of the molecule is CCC(=O)N(C)CCOCCBr. The Morgan fingerprint density at radius 1 is 1.50 bits per heavy atom. The molecule has 0 saturated heterocycles. The molecule has 0 aliphatic rings. The van der Waals surface area contributed by atoms with Gasteiger partial charge in [0.25, 0.3) is 0 Å². The lowest BCUT2D eigenvalue weighted by atomic mass is 10.4. The van der Waals surface area contributed by atoms with E-state index in [9.17, 15) is 4.79 Å². The van der Waals surface area contributed by atoms with Gasteiger partial charge < -0.3 is 9.64 Å². The summed E-state index contributed by atoms with van der Waals surface area (Å²) in [6.07, 6.45) is 0.564. The molecule has 0 heterocycles. The summed E-state index contributed by atoms with van der Waals surface area (Å²) in [5, 5.41) is 0.846. The second kappa shape index (κ2) is 7.55. The molecule has 0 radical (unpaired) electrons. The third kappa shape index (κ3) is 5.55. The standard InChI is InChI=1S/C8H16BrNO2/c1-3-8(11)10(2)5-7-12-6-4-9/h3-7H2,1-2H3. The lowest BCUT2D eigenvalue weighted by Gasteiger charge is -2.15. The maximum atomic E-state index is 11.0. The fourth-order valence-corrected chi connectivity index (χ4v) is 0.982. The number of likely N-dealkylation sites (N-methyl/N-ethyl adjacent to an activating group) is 1. The molecule has 0 atom stereocenters. The molecule has 0 saturated carbocycles. The van der Waals surface area contributed by atoms with E-state index in [0.29, 0.717) is 26.2 Å². The normalized spacial score (nSPS) is 9.92. The van der Waals surface area contributed by atoms with Gasteiger partial charge in [-0.1, -0.05) is 22.9 Å². The first kappa shape index (κ1) is 11.9. The van der Waals surface area contributed by atoms with E-state index in [-0.39, 0.29) is 5.91 Å². The van der Waals surface area contributed by atoms with Crippen LogP contribution in [0.1, 0.15) is 13.3 Å². The van der Waals surface area contributed by atoms with E-state index in [0.717, 1.165) is 5.33 Å². The van der Waals surface area contributed by atoms with Crippen LogP contribution in [0.3, 0.4) is 0 Å². The lowest BCUT2D eigenvalue weighted by Crippen LogP contribution is -2.29. The van der Waals surface area contributed by atoms with Crippen LogP contribution >= 0.6 is 15.9 Å². The zero-order chi connectivity index (χ0) is 9.40. The first-order valence-corrected chi connectivity index (χ1v) is 5.22. The van der Waals surface area contributed by atoms with Crippen molar-refractivity contribution in [2.24, 2.45) is 0 Å². The average molecular weight is 238 g/mol. The van der Waals surface area contributed by atoms with E-state index in [4.69, 9.17) is 4.74 Å². The maximum Gasteiger partial charge on any atom is 0.222 e. The minimum atomic E-state index is 0.164. The monoisotopic (exact) mass is 237 g/mol. The minimum Gasteiger partial charge on any atom is -0.379 e. The number of hydrogen-bond acceptors (Lipinski definition) is 2. The predicted octanol–water partition coefficient (Wildman–Crippen LogP) is 1.27. The number of nitrogens with zero attached hydrogens (tertiary/aromatic N) is 1. The second-order valence-corrected chi connectivity index (χ2v) is 3.26. The van der Waals surface area contributed by atoms with Crippen molar-refractivity contribution in [3.05, 3.63) is 0 Å². The van der Waals surface area contributed by atoms with Gasteiger partial charge in [0.15, 0.2) is 0 Å². The molecule has 4 heteroatoms. The molecule has 0 fully saturated rings. The Labute approximate surface area is 82.2 Å². The Morgan fingerprint density at radius 2 is 2.17 bits per heavy atom.